The third-order valence-corrected chi connectivity index (χ3v) is 4.35. The molecule has 6 nitrogen and oxygen atoms in total. The lowest BCUT2D eigenvalue weighted by Crippen LogP contribution is -2.10. The van der Waals surface area contributed by atoms with Gasteiger partial charge in [-0.05, 0) is 23.6 Å². The summed E-state index contributed by atoms with van der Waals surface area (Å²) in [5.41, 5.74) is 0. The molecule has 0 bridgehead atoms. The SMILES string of the molecule is O=C(Nc1nnc(COc2cccc3ccccc23)s1)c1ccco1. The summed E-state index contributed by atoms with van der Waals surface area (Å²) in [6, 6.07) is 17.2. The molecule has 0 aliphatic heterocycles. The van der Waals surface area contributed by atoms with E-state index in [1.54, 1.807) is 12.1 Å². The number of benzene rings is 2. The Morgan fingerprint density at radius 2 is 1.96 bits per heavy atom. The van der Waals surface area contributed by atoms with E-state index >= 15 is 0 Å². The molecule has 4 rings (SSSR count). The van der Waals surface area contributed by atoms with Crippen LogP contribution in [0.15, 0.2) is 65.3 Å². The monoisotopic (exact) mass is 351 g/mol. The number of furan rings is 1. The third kappa shape index (κ3) is 3.36. The summed E-state index contributed by atoms with van der Waals surface area (Å²) >= 11 is 1.26. The molecule has 0 spiro atoms. The molecule has 2 heterocycles. The van der Waals surface area contributed by atoms with E-state index in [0.29, 0.717) is 10.1 Å². The smallest absolute Gasteiger partial charge is 0.293 e. The van der Waals surface area contributed by atoms with Crippen LogP contribution >= 0.6 is 11.3 Å². The van der Waals surface area contributed by atoms with Gasteiger partial charge in [0.1, 0.15) is 12.4 Å². The zero-order chi connectivity index (χ0) is 17.1. The van der Waals surface area contributed by atoms with Crippen LogP contribution in [0, 0.1) is 0 Å². The minimum atomic E-state index is -0.359. The van der Waals surface area contributed by atoms with Gasteiger partial charge in [-0.25, -0.2) is 0 Å². The fourth-order valence-corrected chi connectivity index (χ4v) is 3.04. The maximum Gasteiger partial charge on any atom is 0.293 e. The Labute approximate surface area is 147 Å². The maximum absolute atomic E-state index is 11.9. The highest BCUT2D eigenvalue weighted by atomic mass is 32.1. The lowest BCUT2D eigenvalue weighted by Gasteiger charge is -2.07. The molecule has 7 heteroatoms. The molecule has 0 saturated carbocycles. The minimum absolute atomic E-state index is 0.226. The highest BCUT2D eigenvalue weighted by Crippen LogP contribution is 2.26. The fourth-order valence-electron chi connectivity index (χ4n) is 2.39. The standard InChI is InChI=1S/C18H13N3O3S/c22-17(15-9-4-10-23-15)19-18-21-20-16(25-18)11-24-14-8-3-6-12-5-1-2-7-13(12)14/h1-10H,11H2,(H,19,21,22). The van der Waals surface area contributed by atoms with E-state index in [2.05, 4.69) is 15.5 Å². The number of amides is 1. The Hall–Kier alpha value is -3.19. The van der Waals surface area contributed by atoms with Crippen molar-refractivity contribution in [1.82, 2.24) is 10.2 Å². The van der Waals surface area contributed by atoms with E-state index in [1.165, 1.54) is 17.6 Å². The predicted molar refractivity (Wildman–Crippen MR) is 94.9 cm³/mol. The van der Waals surface area contributed by atoms with Gasteiger partial charge in [0.2, 0.25) is 5.13 Å². The van der Waals surface area contributed by atoms with Crippen molar-refractivity contribution in [2.75, 3.05) is 5.32 Å². The third-order valence-electron chi connectivity index (χ3n) is 3.53. The number of anilines is 1. The van der Waals surface area contributed by atoms with Gasteiger partial charge in [-0.15, -0.1) is 10.2 Å². The summed E-state index contributed by atoms with van der Waals surface area (Å²) in [4.78, 5) is 11.9. The van der Waals surface area contributed by atoms with E-state index in [0.717, 1.165) is 16.5 Å². The molecule has 25 heavy (non-hydrogen) atoms. The van der Waals surface area contributed by atoms with Crippen LogP contribution in [-0.4, -0.2) is 16.1 Å². The van der Waals surface area contributed by atoms with Crippen molar-refractivity contribution in [2.24, 2.45) is 0 Å². The molecule has 2 aromatic heterocycles. The van der Waals surface area contributed by atoms with Crippen LogP contribution in [0.5, 0.6) is 5.75 Å². The topological polar surface area (TPSA) is 77.2 Å². The molecule has 124 valence electrons. The fraction of sp³-hybridized carbons (Fsp3) is 0.0556. The van der Waals surface area contributed by atoms with Crippen LogP contribution in [-0.2, 0) is 6.61 Å². The molecule has 0 aliphatic carbocycles. The van der Waals surface area contributed by atoms with Gasteiger partial charge in [0.15, 0.2) is 10.8 Å². The van der Waals surface area contributed by atoms with Crippen LogP contribution in [0.3, 0.4) is 0 Å². The summed E-state index contributed by atoms with van der Waals surface area (Å²) in [6.07, 6.45) is 1.44. The van der Waals surface area contributed by atoms with E-state index in [9.17, 15) is 4.79 Å². The first-order chi connectivity index (χ1) is 12.3. The van der Waals surface area contributed by atoms with Crippen molar-refractivity contribution in [1.29, 1.82) is 0 Å². The van der Waals surface area contributed by atoms with Crippen molar-refractivity contribution < 1.29 is 13.9 Å². The quantitative estimate of drug-likeness (QED) is 0.585. The summed E-state index contributed by atoms with van der Waals surface area (Å²) in [6.45, 7) is 0.280. The van der Waals surface area contributed by atoms with Crippen molar-refractivity contribution in [3.8, 4) is 5.75 Å². The molecular formula is C18H13N3O3S. The molecule has 1 N–H and O–H groups in total. The van der Waals surface area contributed by atoms with Gasteiger partial charge < -0.3 is 9.15 Å². The van der Waals surface area contributed by atoms with Crippen LogP contribution in [0.25, 0.3) is 10.8 Å². The average Bonchev–Trinajstić information content (AvgIpc) is 3.32. The summed E-state index contributed by atoms with van der Waals surface area (Å²) in [5, 5.41) is 13.9. The van der Waals surface area contributed by atoms with E-state index < -0.39 is 0 Å². The van der Waals surface area contributed by atoms with Crippen LogP contribution in [0.2, 0.25) is 0 Å². The van der Waals surface area contributed by atoms with Gasteiger partial charge in [-0.1, -0.05) is 47.7 Å². The van der Waals surface area contributed by atoms with Crippen LogP contribution in [0.1, 0.15) is 15.6 Å². The van der Waals surface area contributed by atoms with Crippen molar-refractivity contribution in [2.45, 2.75) is 6.61 Å². The number of hydrogen-bond donors (Lipinski definition) is 1. The second kappa shape index (κ2) is 6.74. The Balaban J connectivity index is 1.44. The number of hydrogen-bond acceptors (Lipinski definition) is 6. The minimum Gasteiger partial charge on any atom is -0.486 e. The first-order valence-corrected chi connectivity index (χ1v) is 8.39. The molecule has 0 saturated heterocycles. The zero-order valence-electron chi connectivity index (χ0n) is 13.0. The number of aromatic nitrogens is 2. The van der Waals surface area contributed by atoms with Gasteiger partial charge in [0.05, 0.1) is 6.26 Å². The van der Waals surface area contributed by atoms with Gasteiger partial charge in [0.25, 0.3) is 5.91 Å². The Morgan fingerprint density at radius 3 is 2.84 bits per heavy atom. The maximum atomic E-state index is 11.9. The lowest BCUT2D eigenvalue weighted by molar-refractivity contribution is 0.0996. The first kappa shape index (κ1) is 15.3. The van der Waals surface area contributed by atoms with Gasteiger partial charge >= 0.3 is 0 Å². The Kier molecular flexibility index (Phi) is 4.14. The molecule has 4 aromatic rings. The molecule has 0 aliphatic rings. The van der Waals surface area contributed by atoms with Gasteiger partial charge in [0, 0.05) is 5.39 Å². The number of nitrogens with one attached hydrogen (secondary N) is 1. The van der Waals surface area contributed by atoms with E-state index in [1.807, 2.05) is 42.5 Å². The Bertz CT molecular complexity index is 1010. The van der Waals surface area contributed by atoms with Crippen molar-refractivity contribution >= 4 is 33.1 Å². The molecule has 0 atom stereocenters. The molecule has 0 unspecified atom stereocenters. The summed E-state index contributed by atoms with van der Waals surface area (Å²) in [5.74, 6) is 0.654. The largest absolute Gasteiger partial charge is 0.486 e. The lowest BCUT2D eigenvalue weighted by atomic mass is 10.1. The first-order valence-electron chi connectivity index (χ1n) is 7.57. The number of carbonyl (C=O) groups is 1. The number of rotatable bonds is 5. The zero-order valence-corrected chi connectivity index (χ0v) is 13.8. The number of ether oxygens (including phenoxy) is 1. The van der Waals surface area contributed by atoms with E-state index in [-0.39, 0.29) is 18.3 Å². The molecule has 0 fully saturated rings. The van der Waals surface area contributed by atoms with Crippen LogP contribution < -0.4 is 10.1 Å². The van der Waals surface area contributed by atoms with Crippen molar-refractivity contribution in [3.05, 3.63) is 71.6 Å². The number of fused-ring (bicyclic) bond motifs is 1. The summed E-state index contributed by atoms with van der Waals surface area (Å²) in [7, 11) is 0. The molecular weight excluding hydrogens is 338 g/mol. The molecule has 2 aromatic carbocycles. The highest BCUT2D eigenvalue weighted by Gasteiger charge is 2.12. The predicted octanol–water partition coefficient (Wildman–Crippen LogP) is 4.12. The average molecular weight is 351 g/mol. The highest BCUT2D eigenvalue weighted by molar-refractivity contribution is 7.15. The van der Waals surface area contributed by atoms with Crippen molar-refractivity contribution in [3.63, 3.8) is 0 Å². The normalized spacial score (nSPS) is 10.7. The second-order valence-corrected chi connectivity index (χ2v) is 6.26. The molecule has 0 radical (unpaired) electrons. The number of carbonyl (C=O) groups excluding carboxylic acids is 1. The van der Waals surface area contributed by atoms with E-state index in [4.69, 9.17) is 9.15 Å². The van der Waals surface area contributed by atoms with Gasteiger partial charge in [-0.3, -0.25) is 10.1 Å². The Morgan fingerprint density at radius 1 is 1.08 bits per heavy atom. The molecule has 1 amide bonds. The second-order valence-electron chi connectivity index (χ2n) is 5.20. The summed E-state index contributed by atoms with van der Waals surface area (Å²) < 4.78 is 10.9. The van der Waals surface area contributed by atoms with Crippen LogP contribution in [0.4, 0.5) is 5.13 Å². The number of nitrogens with zero attached hydrogens (tertiary/aromatic N) is 2. The van der Waals surface area contributed by atoms with Gasteiger partial charge in [-0.2, -0.15) is 0 Å².